The SMILES string of the molecule is [C-]#[N+]C(=C=[N-])C1=C(c2c(O)cc(NC)c3c(N(C)C)c4ccccc4cc23)C(=O)C1c1ccc(N(C)C)c2c(NC)c3ccccc3cc12. The number of fused-ring (bicyclic) bond motifs is 4. The first-order chi connectivity index (χ1) is 23.7. The predicted molar refractivity (Wildman–Crippen MR) is 205 cm³/mol. The third-order valence-electron chi connectivity index (χ3n) is 9.68. The molecule has 1 aliphatic rings. The van der Waals surface area contributed by atoms with Crippen molar-refractivity contribution < 1.29 is 9.90 Å². The Hall–Kier alpha value is -6.29. The van der Waals surface area contributed by atoms with E-state index >= 15 is 0 Å². The van der Waals surface area contributed by atoms with Gasteiger partial charge in [-0.2, -0.15) is 0 Å². The van der Waals surface area contributed by atoms with Gasteiger partial charge in [0.15, 0.2) is 5.78 Å². The number of hydrogen-bond acceptors (Lipinski definition) is 6. The Labute approximate surface area is 284 Å². The van der Waals surface area contributed by atoms with E-state index in [0.29, 0.717) is 27.8 Å². The number of nitrogens with zero attached hydrogens (tertiary/aromatic N) is 4. The molecule has 0 radical (unpaired) electrons. The molecule has 8 heteroatoms. The molecule has 0 amide bonds. The molecule has 0 saturated heterocycles. The van der Waals surface area contributed by atoms with Gasteiger partial charge < -0.3 is 30.9 Å². The maximum Gasteiger partial charge on any atom is 0.210 e. The van der Waals surface area contributed by atoms with Crippen molar-refractivity contribution in [3.63, 3.8) is 0 Å². The number of phenols is 1. The third kappa shape index (κ3) is 4.51. The summed E-state index contributed by atoms with van der Waals surface area (Å²) < 4.78 is 0. The molecule has 0 saturated carbocycles. The molecule has 6 aromatic rings. The lowest BCUT2D eigenvalue weighted by Crippen LogP contribution is -2.30. The number of rotatable bonds is 7. The average Bonchev–Trinajstić information content (AvgIpc) is 3.10. The van der Waals surface area contributed by atoms with Gasteiger partial charge in [-0.1, -0.05) is 54.6 Å². The van der Waals surface area contributed by atoms with Crippen LogP contribution in [0.2, 0.25) is 0 Å². The van der Waals surface area contributed by atoms with Gasteiger partial charge in [0.05, 0.1) is 23.9 Å². The van der Waals surface area contributed by atoms with Crippen molar-refractivity contribution >= 4 is 83.1 Å². The molecule has 1 atom stereocenters. The first-order valence-electron chi connectivity index (χ1n) is 16.0. The van der Waals surface area contributed by atoms with Gasteiger partial charge in [-0.05, 0) is 50.9 Å². The highest BCUT2D eigenvalue weighted by atomic mass is 16.3. The number of ketones is 1. The second-order valence-corrected chi connectivity index (χ2v) is 12.7. The maximum atomic E-state index is 14.8. The summed E-state index contributed by atoms with van der Waals surface area (Å²) in [6.07, 6.45) is 0. The minimum atomic E-state index is -0.879. The fraction of sp³-hybridized carbons (Fsp3) is 0.171. The van der Waals surface area contributed by atoms with Crippen LogP contribution in [-0.2, 0) is 4.79 Å². The normalized spacial score (nSPS) is 14.1. The summed E-state index contributed by atoms with van der Waals surface area (Å²) in [5, 5.41) is 35.9. The summed E-state index contributed by atoms with van der Waals surface area (Å²) in [7, 11) is 11.6. The number of anilines is 4. The Morgan fingerprint density at radius 1 is 0.837 bits per heavy atom. The predicted octanol–water partition coefficient (Wildman–Crippen LogP) is 8.38. The van der Waals surface area contributed by atoms with Crippen molar-refractivity contribution in [3.05, 3.63) is 118 Å². The van der Waals surface area contributed by atoms with E-state index in [1.165, 1.54) is 0 Å². The topological polar surface area (TPSA) is 94.5 Å². The molecule has 6 aromatic carbocycles. The zero-order valence-corrected chi connectivity index (χ0v) is 28.2. The Morgan fingerprint density at radius 3 is 2.10 bits per heavy atom. The quantitative estimate of drug-likeness (QED) is 0.0919. The Bertz CT molecular complexity index is 2530. The average molecular weight is 644 g/mol. The number of aromatic hydroxyl groups is 1. The zero-order chi connectivity index (χ0) is 34.7. The molecule has 0 aromatic heterocycles. The molecule has 0 fully saturated rings. The standard InChI is InChI=1S/C41H35N6O2/c1-43-29-20-32(48)35(28-19-23-13-9-11-15-25(23)40(33(28)29)47(6)7)38-37(30(21-42)44-2)36(41(38)49)26-16-17-31(46(4)5)34-27(26)18-22-12-8-10-14-24(22)39(34)45-3/h8-20,36,43,45,48H,1,3-7H3/q-1. The number of allylic oxidation sites excluding steroid dienone is 2. The van der Waals surface area contributed by atoms with Crippen LogP contribution in [0.5, 0.6) is 5.75 Å². The van der Waals surface area contributed by atoms with E-state index in [1.54, 1.807) is 13.1 Å². The largest absolute Gasteiger partial charge is 0.775 e. The van der Waals surface area contributed by atoms with Crippen LogP contribution in [0.15, 0.2) is 90.1 Å². The van der Waals surface area contributed by atoms with Gasteiger partial charge in [-0.3, -0.25) is 10.7 Å². The zero-order valence-electron chi connectivity index (χ0n) is 28.2. The van der Waals surface area contributed by atoms with Crippen LogP contribution in [0.4, 0.5) is 22.7 Å². The van der Waals surface area contributed by atoms with E-state index in [4.69, 9.17) is 6.57 Å². The lowest BCUT2D eigenvalue weighted by Gasteiger charge is -2.35. The number of Topliss-reactive ketones (excluding diaryl/α,β-unsaturated/α-hetero) is 1. The number of carbonyl (C=O) groups is 1. The van der Waals surface area contributed by atoms with Gasteiger partial charge in [-0.15, -0.1) is 0 Å². The van der Waals surface area contributed by atoms with Crippen LogP contribution in [-0.4, -0.2) is 59.0 Å². The second kappa shape index (κ2) is 11.7. The van der Waals surface area contributed by atoms with Gasteiger partial charge >= 0.3 is 0 Å². The van der Waals surface area contributed by atoms with Crippen LogP contribution < -0.4 is 20.4 Å². The molecule has 0 bridgehead atoms. The summed E-state index contributed by atoms with van der Waals surface area (Å²) >= 11 is 0. The number of benzene rings is 6. The van der Waals surface area contributed by atoms with E-state index in [9.17, 15) is 15.3 Å². The first-order valence-corrected chi connectivity index (χ1v) is 16.0. The molecule has 8 nitrogen and oxygen atoms in total. The van der Waals surface area contributed by atoms with Crippen molar-refractivity contribution in [2.75, 3.05) is 62.7 Å². The molecule has 3 N–H and O–H groups in total. The molecule has 0 heterocycles. The van der Waals surface area contributed by atoms with E-state index in [1.807, 2.05) is 99.6 Å². The van der Waals surface area contributed by atoms with E-state index in [2.05, 4.69) is 39.5 Å². The number of carbonyl (C=O) groups excluding carboxylic acids is 1. The van der Waals surface area contributed by atoms with Crippen LogP contribution >= 0.6 is 0 Å². The fourth-order valence-electron chi connectivity index (χ4n) is 7.64. The summed E-state index contributed by atoms with van der Waals surface area (Å²) in [6.45, 7) is 8.03. The highest BCUT2D eigenvalue weighted by Crippen LogP contribution is 2.55. The van der Waals surface area contributed by atoms with Crippen molar-refractivity contribution in [3.8, 4) is 5.75 Å². The van der Waals surface area contributed by atoms with Crippen LogP contribution in [0, 0.1) is 6.57 Å². The fourth-order valence-corrected chi connectivity index (χ4v) is 7.64. The van der Waals surface area contributed by atoms with Gasteiger partial charge in [0, 0.05) is 92.4 Å². The molecule has 242 valence electrons. The van der Waals surface area contributed by atoms with Gasteiger partial charge in [-0.25, -0.2) is 4.85 Å². The molecule has 49 heavy (non-hydrogen) atoms. The number of nitrogens with one attached hydrogen (secondary N) is 2. The second-order valence-electron chi connectivity index (χ2n) is 12.7. The molecular weight excluding hydrogens is 608 g/mol. The summed E-state index contributed by atoms with van der Waals surface area (Å²) in [4.78, 5) is 22.5. The van der Waals surface area contributed by atoms with E-state index in [0.717, 1.165) is 54.8 Å². The minimum absolute atomic E-state index is 0.102. The first kappa shape index (κ1) is 31.3. The Morgan fingerprint density at radius 2 is 1.49 bits per heavy atom. The lowest BCUT2D eigenvalue weighted by molar-refractivity contribution is -0.115. The van der Waals surface area contributed by atoms with Crippen molar-refractivity contribution in [2.24, 2.45) is 0 Å². The van der Waals surface area contributed by atoms with Gasteiger partial charge in [0.1, 0.15) is 5.75 Å². The summed E-state index contributed by atoms with van der Waals surface area (Å²) in [5.41, 5.74) is 4.91. The van der Waals surface area contributed by atoms with Crippen molar-refractivity contribution in [1.82, 2.24) is 0 Å². The summed E-state index contributed by atoms with van der Waals surface area (Å²) in [6, 6.07) is 25.7. The Balaban J connectivity index is 1.61. The monoisotopic (exact) mass is 643 g/mol. The molecule has 0 spiro atoms. The maximum absolute atomic E-state index is 14.8. The van der Waals surface area contributed by atoms with Crippen LogP contribution in [0.3, 0.4) is 0 Å². The smallest absolute Gasteiger partial charge is 0.210 e. The third-order valence-corrected chi connectivity index (χ3v) is 9.68. The number of hydrogen-bond donors (Lipinski definition) is 3. The van der Waals surface area contributed by atoms with Crippen LogP contribution in [0.25, 0.3) is 58.9 Å². The summed E-state index contributed by atoms with van der Waals surface area (Å²) in [5.74, 6) is 0.849. The molecular formula is C41H35N6O2-. The Kier molecular flexibility index (Phi) is 7.51. The minimum Gasteiger partial charge on any atom is -0.775 e. The molecule has 7 rings (SSSR count). The lowest BCUT2D eigenvalue weighted by atomic mass is 9.67. The van der Waals surface area contributed by atoms with E-state index < -0.39 is 5.92 Å². The highest BCUT2D eigenvalue weighted by molar-refractivity contribution is 6.38. The number of phenolic OH excluding ortho intramolecular Hbond substituents is 1. The van der Waals surface area contributed by atoms with Gasteiger partial charge in [0.2, 0.25) is 5.70 Å². The van der Waals surface area contributed by atoms with Gasteiger partial charge in [0.25, 0.3) is 0 Å². The molecule has 0 aliphatic heterocycles. The van der Waals surface area contributed by atoms with E-state index in [-0.39, 0.29) is 22.8 Å². The van der Waals surface area contributed by atoms with Crippen LogP contribution in [0.1, 0.15) is 17.0 Å². The van der Waals surface area contributed by atoms with Crippen molar-refractivity contribution in [1.29, 1.82) is 0 Å². The van der Waals surface area contributed by atoms with Crippen molar-refractivity contribution in [2.45, 2.75) is 5.92 Å². The highest BCUT2D eigenvalue weighted by Gasteiger charge is 2.45. The molecule has 1 unspecified atom stereocenters. The molecule has 1 aliphatic carbocycles.